The number of nitrogens with zero attached hydrogens (tertiary/aromatic N) is 2. The summed E-state index contributed by atoms with van der Waals surface area (Å²) in [5.74, 6) is 1.62. The Kier molecular flexibility index (Phi) is 3.96. The molecule has 0 amide bonds. The number of nitrogens with one attached hydrogen (secondary N) is 1. The van der Waals surface area contributed by atoms with Crippen LogP contribution in [0.2, 0.25) is 0 Å². The molecule has 4 nitrogen and oxygen atoms in total. The third-order valence-corrected chi connectivity index (χ3v) is 3.17. The molecular formula is C17H17N3O. The first-order valence-electron chi connectivity index (χ1n) is 7.01. The SMILES string of the molecule is CCNc1cnc(COc2ccc3ccccc3c2)cn1. The predicted octanol–water partition coefficient (Wildman–Crippen LogP) is 3.64. The van der Waals surface area contributed by atoms with Crippen LogP contribution in [0.25, 0.3) is 10.8 Å². The van der Waals surface area contributed by atoms with E-state index in [9.17, 15) is 0 Å². The summed E-state index contributed by atoms with van der Waals surface area (Å²) >= 11 is 0. The fourth-order valence-electron chi connectivity index (χ4n) is 2.12. The van der Waals surface area contributed by atoms with Gasteiger partial charge in [0.15, 0.2) is 0 Å². The molecule has 0 aliphatic rings. The minimum absolute atomic E-state index is 0.414. The Hall–Kier alpha value is -2.62. The van der Waals surface area contributed by atoms with E-state index >= 15 is 0 Å². The molecule has 3 rings (SSSR count). The smallest absolute Gasteiger partial charge is 0.144 e. The summed E-state index contributed by atoms with van der Waals surface area (Å²) < 4.78 is 5.78. The third kappa shape index (κ3) is 3.28. The van der Waals surface area contributed by atoms with Crippen LogP contribution in [-0.2, 0) is 6.61 Å². The van der Waals surface area contributed by atoms with Crippen molar-refractivity contribution in [2.24, 2.45) is 0 Å². The molecule has 0 unspecified atom stereocenters. The molecule has 0 saturated heterocycles. The van der Waals surface area contributed by atoms with E-state index in [0.29, 0.717) is 6.61 Å². The number of aromatic nitrogens is 2. The first-order valence-corrected chi connectivity index (χ1v) is 7.01. The number of hydrogen-bond donors (Lipinski definition) is 1. The lowest BCUT2D eigenvalue weighted by Crippen LogP contribution is -2.03. The highest BCUT2D eigenvalue weighted by Crippen LogP contribution is 2.21. The monoisotopic (exact) mass is 279 g/mol. The summed E-state index contributed by atoms with van der Waals surface area (Å²) in [6, 6.07) is 14.3. The molecule has 0 spiro atoms. The van der Waals surface area contributed by atoms with E-state index in [1.54, 1.807) is 12.4 Å². The van der Waals surface area contributed by atoms with Gasteiger partial charge in [0.25, 0.3) is 0 Å². The molecule has 0 radical (unpaired) electrons. The van der Waals surface area contributed by atoms with Gasteiger partial charge in [-0.25, -0.2) is 4.98 Å². The van der Waals surface area contributed by atoms with Gasteiger partial charge in [-0.1, -0.05) is 30.3 Å². The first-order chi connectivity index (χ1) is 10.3. The van der Waals surface area contributed by atoms with E-state index < -0.39 is 0 Å². The number of fused-ring (bicyclic) bond motifs is 1. The maximum absolute atomic E-state index is 5.78. The zero-order valence-corrected chi connectivity index (χ0v) is 11.9. The van der Waals surface area contributed by atoms with Gasteiger partial charge >= 0.3 is 0 Å². The lowest BCUT2D eigenvalue weighted by Gasteiger charge is -2.07. The molecular weight excluding hydrogens is 262 g/mol. The molecule has 3 aromatic rings. The Balaban J connectivity index is 1.68. The van der Waals surface area contributed by atoms with Gasteiger partial charge in [0.05, 0.1) is 18.1 Å². The van der Waals surface area contributed by atoms with Crippen molar-refractivity contribution in [3.8, 4) is 5.75 Å². The average Bonchev–Trinajstić information content (AvgIpc) is 2.54. The minimum atomic E-state index is 0.414. The number of ether oxygens (including phenoxy) is 1. The molecule has 0 atom stereocenters. The maximum Gasteiger partial charge on any atom is 0.144 e. The van der Waals surface area contributed by atoms with Gasteiger partial charge in [-0.05, 0) is 29.8 Å². The predicted molar refractivity (Wildman–Crippen MR) is 84.5 cm³/mol. The molecule has 0 fully saturated rings. The molecule has 0 bridgehead atoms. The van der Waals surface area contributed by atoms with Crippen molar-refractivity contribution in [2.45, 2.75) is 13.5 Å². The quantitative estimate of drug-likeness (QED) is 0.774. The van der Waals surface area contributed by atoms with E-state index in [4.69, 9.17) is 4.74 Å². The molecule has 106 valence electrons. The number of anilines is 1. The lowest BCUT2D eigenvalue weighted by molar-refractivity contribution is 0.301. The van der Waals surface area contributed by atoms with Gasteiger partial charge in [-0.2, -0.15) is 0 Å². The molecule has 2 aromatic carbocycles. The first kappa shape index (κ1) is 13.4. The Morgan fingerprint density at radius 1 is 1.00 bits per heavy atom. The molecule has 0 aliphatic carbocycles. The Labute approximate surface area is 123 Å². The summed E-state index contributed by atoms with van der Waals surface area (Å²) in [5, 5.41) is 5.49. The topological polar surface area (TPSA) is 47.0 Å². The van der Waals surface area contributed by atoms with Crippen molar-refractivity contribution < 1.29 is 4.74 Å². The summed E-state index contributed by atoms with van der Waals surface area (Å²) in [7, 11) is 0. The summed E-state index contributed by atoms with van der Waals surface area (Å²) in [5.41, 5.74) is 0.810. The van der Waals surface area contributed by atoms with Crippen LogP contribution in [-0.4, -0.2) is 16.5 Å². The Morgan fingerprint density at radius 2 is 1.86 bits per heavy atom. The molecule has 1 aromatic heterocycles. The highest BCUT2D eigenvalue weighted by Gasteiger charge is 2.00. The van der Waals surface area contributed by atoms with E-state index in [-0.39, 0.29) is 0 Å². The van der Waals surface area contributed by atoms with E-state index in [1.165, 1.54) is 10.8 Å². The van der Waals surface area contributed by atoms with E-state index in [2.05, 4.69) is 33.5 Å². The van der Waals surface area contributed by atoms with E-state index in [1.807, 2.05) is 31.2 Å². The number of benzene rings is 2. The van der Waals surface area contributed by atoms with Crippen molar-refractivity contribution in [3.63, 3.8) is 0 Å². The van der Waals surface area contributed by atoms with Crippen LogP contribution < -0.4 is 10.1 Å². The largest absolute Gasteiger partial charge is 0.487 e. The molecule has 1 N–H and O–H groups in total. The zero-order chi connectivity index (χ0) is 14.5. The zero-order valence-electron chi connectivity index (χ0n) is 11.9. The molecule has 21 heavy (non-hydrogen) atoms. The molecule has 0 saturated carbocycles. The van der Waals surface area contributed by atoms with Crippen LogP contribution in [0.4, 0.5) is 5.82 Å². The van der Waals surface area contributed by atoms with Crippen LogP contribution in [0.1, 0.15) is 12.6 Å². The standard InChI is InChI=1S/C17H17N3O/c1-2-18-17-11-19-15(10-20-17)12-21-16-8-7-13-5-3-4-6-14(13)9-16/h3-11H,2,12H2,1H3,(H,18,20). The Morgan fingerprint density at radius 3 is 2.62 bits per heavy atom. The van der Waals surface area contributed by atoms with Gasteiger partial charge in [-0.15, -0.1) is 0 Å². The van der Waals surface area contributed by atoms with Crippen molar-refractivity contribution in [1.29, 1.82) is 0 Å². The van der Waals surface area contributed by atoms with Crippen molar-refractivity contribution in [1.82, 2.24) is 9.97 Å². The average molecular weight is 279 g/mol. The number of hydrogen-bond acceptors (Lipinski definition) is 4. The third-order valence-electron chi connectivity index (χ3n) is 3.17. The molecule has 0 aliphatic heterocycles. The van der Waals surface area contributed by atoms with Gasteiger partial charge in [-0.3, -0.25) is 4.98 Å². The summed E-state index contributed by atoms with van der Waals surface area (Å²) in [6.07, 6.45) is 3.46. The number of rotatable bonds is 5. The summed E-state index contributed by atoms with van der Waals surface area (Å²) in [6.45, 7) is 3.28. The van der Waals surface area contributed by atoms with Crippen LogP contribution in [0.15, 0.2) is 54.9 Å². The second kappa shape index (κ2) is 6.22. The van der Waals surface area contributed by atoms with Crippen molar-refractivity contribution in [2.75, 3.05) is 11.9 Å². The van der Waals surface area contributed by atoms with E-state index in [0.717, 1.165) is 23.8 Å². The van der Waals surface area contributed by atoms with Crippen LogP contribution >= 0.6 is 0 Å². The normalized spacial score (nSPS) is 10.5. The lowest BCUT2D eigenvalue weighted by atomic mass is 10.1. The van der Waals surface area contributed by atoms with Gasteiger partial charge in [0, 0.05) is 6.54 Å². The van der Waals surface area contributed by atoms with Crippen LogP contribution in [0.5, 0.6) is 5.75 Å². The summed E-state index contributed by atoms with van der Waals surface area (Å²) in [4.78, 5) is 8.60. The minimum Gasteiger partial charge on any atom is -0.487 e. The molecule has 4 heteroatoms. The fraction of sp³-hybridized carbons (Fsp3) is 0.176. The maximum atomic E-state index is 5.78. The second-order valence-electron chi connectivity index (χ2n) is 4.72. The van der Waals surface area contributed by atoms with Crippen molar-refractivity contribution in [3.05, 3.63) is 60.6 Å². The Bertz CT molecular complexity index is 725. The highest BCUT2D eigenvalue weighted by molar-refractivity contribution is 5.83. The highest BCUT2D eigenvalue weighted by atomic mass is 16.5. The fourth-order valence-corrected chi connectivity index (χ4v) is 2.12. The second-order valence-corrected chi connectivity index (χ2v) is 4.72. The van der Waals surface area contributed by atoms with Crippen LogP contribution in [0, 0.1) is 0 Å². The van der Waals surface area contributed by atoms with Gasteiger partial charge < -0.3 is 10.1 Å². The van der Waals surface area contributed by atoms with Gasteiger partial charge in [0.1, 0.15) is 18.2 Å². The van der Waals surface area contributed by atoms with Crippen LogP contribution in [0.3, 0.4) is 0 Å². The molecule has 1 heterocycles. The van der Waals surface area contributed by atoms with Gasteiger partial charge in [0.2, 0.25) is 0 Å². The van der Waals surface area contributed by atoms with Crippen molar-refractivity contribution >= 4 is 16.6 Å².